The van der Waals surface area contributed by atoms with Gasteiger partial charge in [0.1, 0.15) is 12.1 Å². The molecule has 0 saturated carbocycles. The van der Waals surface area contributed by atoms with E-state index in [0.29, 0.717) is 37.6 Å². The first kappa shape index (κ1) is 19.5. The zero-order chi connectivity index (χ0) is 20.1. The molecule has 148 valence electrons. The number of nitrogens with one attached hydrogen (secondary N) is 1. The highest BCUT2D eigenvalue weighted by atomic mass is 16.5. The van der Waals surface area contributed by atoms with Crippen LogP contribution in [-0.2, 0) is 14.3 Å². The zero-order valence-corrected chi connectivity index (χ0v) is 15.8. The van der Waals surface area contributed by atoms with Crippen molar-refractivity contribution in [2.24, 2.45) is 5.92 Å². The normalized spacial score (nSPS) is 15.7. The topological polar surface area (TPSA) is 122 Å². The molecule has 2 aromatic rings. The minimum absolute atomic E-state index is 0.172. The zero-order valence-electron chi connectivity index (χ0n) is 15.8. The Balaban J connectivity index is 1.60. The number of nitriles is 1. The molecule has 2 aromatic heterocycles. The van der Waals surface area contributed by atoms with Crippen molar-refractivity contribution < 1.29 is 23.2 Å². The molecule has 0 spiro atoms. The molecule has 1 fully saturated rings. The number of aromatic nitrogens is 1. The van der Waals surface area contributed by atoms with E-state index in [9.17, 15) is 14.9 Å². The van der Waals surface area contributed by atoms with E-state index in [1.54, 1.807) is 26.0 Å². The Morgan fingerprint density at radius 3 is 2.82 bits per heavy atom. The molecular formula is C19H22N4O5. The van der Waals surface area contributed by atoms with E-state index < -0.39 is 12.0 Å². The van der Waals surface area contributed by atoms with Gasteiger partial charge >= 0.3 is 5.97 Å². The van der Waals surface area contributed by atoms with Gasteiger partial charge < -0.3 is 23.8 Å². The Hall–Kier alpha value is -3.28. The van der Waals surface area contributed by atoms with Crippen molar-refractivity contribution in [2.45, 2.75) is 32.7 Å². The lowest BCUT2D eigenvalue weighted by Gasteiger charge is -2.31. The maximum Gasteiger partial charge on any atom is 0.328 e. The number of ether oxygens (including phenoxy) is 1. The minimum atomic E-state index is -0.680. The number of hydrogen-bond donors (Lipinski definition) is 1. The van der Waals surface area contributed by atoms with Crippen molar-refractivity contribution in [3.63, 3.8) is 0 Å². The quantitative estimate of drug-likeness (QED) is 0.749. The minimum Gasteiger partial charge on any atom is -0.464 e. The predicted molar refractivity (Wildman–Crippen MR) is 98.1 cm³/mol. The second-order valence-electron chi connectivity index (χ2n) is 6.51. The maximum atomic E-state index is 12.4. The number of esters is 1. The molecule has 1 atom stereocenters. The van der Waals surface area contributed by atoms with Crippen molar-refractivity contribution >= 4 is 17.8 Å². The SMILES string of the molecule is CCOC(=O)C(C)NC(=O)C1CCN(c2oc(-c3ccco3)nc2C#N)CC1. The Morgan fingerprint density at radius 2 is 2.21 bits per heavy atom. The van der Waals surface area contributed by atoms with E-state index in [2.05, 4.69) is 10.3 Å². The average molecular weight is 386 g/mol. The summed E-state index contributed by atoms with van der Waals surface area (Å²) < 4.78 is 15.9. The molecular weight excluding hydrogens is 364 g/mol. The van der Waals surface area contributed by atoms with Crippen molar-refractivity contribution in [3.8, 4) is 17.7 Å². The summed E-state index contributed by atoms with van der Waals surface area (Å²) in [6, 6.07) is 4.78. The van der Waals surface area contributed by atoms with Crippen LogP contribution in [0.5, 0.6) is 0 Å². The highest BCUT2D eigenvalue weighted by Gasteiger charge is 2.30. The molecule has 1 aliphatic heterocycles. The third-order valence-corrected chi connectivity index (χ3v) is 4.60. The van der Waals surface area contributed by atoms with E-state index >= 15 is 0 Å². The molecule has 1 unspecified atom stereocenters. The lowest BCUT2D eigenvalue weighted by atomic mass is 9.95. The Labute approximate surface area is 162 Å². The van der Waals surface area contributed by atoms with Crippen molar-refractivity contribution in [1.29, 1.82) is 5.26 Å². The Bertz CT molecular complexity index is 860. The van der Waals surface area contributed by atoms with Crippen LogP contribution >= 0.6 is 0 Å². The monoisotopic (exact) mass is 386 g/mol. The van der Waals surface area contributed by atoms with Crippen molar-refractivity contribution in [2.75, 3.05) is 24.6 Å². The fourth-order valence-electron chi connectivity index (χ4n) is 3.11. The number of hydrogen-bond acceptors (Lipinski definition) is 8. The predicted octanol–water partition coefficient (Wildman–Crippen LogP) is 2.09. The summed E-state index contributed by atoms with van der Waals surface area (Å²) in [6.07, 6.45) is 2.65. The van der Waals surface area contributed by atoms with Gasteiger partial charge in [-0.25, -0.2) is 4.79 Å². The first-order valence-corrected chi connectivity index (χ1v) is 9.20. The number of nitrogens with zero attached hydrogens (tertiary/aromatic N) is 3. The summed E-state index contributed by atoms with van der Waals surface area (Å²) in [5, 5.41) is 12.1. The third kappa shape index (κ3) is 4.17. The highest BCUT2D eigenvalue weighted by Crippen LogP contribution is 2.31. The van der Waals surface area contributed by atoms with Gasteiger partial charge in [-0.15, -0.1) is 0 Å². The van der Waals surface area contributed by atoms with Crippen LogP contribution < -0.4 is 10.2 Å². The van der Waals surface area contributed by atoms with Crippen LogP contribution in [0.4, 0.5) is 5.88 Å². The fraction of sp³-hybridized carbons (Fsp3) is 0.474. The van der Waals surface area contributed by atoms with Crippen LogP contribution in [0.2, 0.25) is 0 Å². The summed E-state index contributed by atoms with van der Waals surface area (Å²) in [5.41, 5.74) is 0.185. The van der Waals surface area contributed by atoms with Crippen LogP contribution in [-0.4, -0.2) is 42.6 Å². The number of piperidine rings is 1. The molecule has 0 bridgehead atoms. The Morgan fingerprint density at radius 1 is 1.46 bits per heavy atom. The lowest BCUT2D eigenvalue weighted by molar-refractivity contribution is -0.147. The van der Waals surface area contributed by atoms with Gasteiger partial charge in [0.05, 0.1) is 12.9 Å². The van der Waals surface area contributed by atoms with E-state index in [4.69, 9.17) is 13.6 Å². The number of furan rings is 1. The van der Waals surface area contributed by atoms with Gasteiger partial charge in [0, 0.05) is 19.0 Å². The van der Waals surface area contributed by atoms with Gasteiger partial charge in [0.25, 0.3) is 5.89 Å². The van der Waals surface area contributed by atoms with Crippen LogP contribution in [0.15, 0.2) is 27.2 Å². The molecule has 0 aliphatic carbocycles. The second-order valence-corrected chi connectivity index (χ2v) is 6.51. The van der Waals surface area contributed by atoms with Gasteiger partial charge in [-0.2, -0.15) is 10.2 Å². The summed E-state index contributed by atoms with van der Waals surface area (Å²) in [6.45, 7) is 4.67. The van der Waals surface area contributed by atoms with Gasteiger partial charge in [0.2, 0.25) is 17.5 Å². The Kier molecular flexibility index (Phi) is 5.99. The van der Waals surface area contributed by atoms with Crippen molar-refractivity contribution in [3.05, 3.63) is 24.1 Å². The molecule has 9 heteroatoms. The molecule has 9 nitrogen and oxygen atoms in total. The first-order valence-electron chi connectivity index (χ1n) is 9.20. The average Bonchev–Trinajstić information content (AvgIpc) is 3.37. The largest absolute Gasteiger partial charge is 0.464 e. The fourth-order valence-corrected chi connectivity index (χ4v) is 3.11. The standard InChI is InChI=1S/C19H22N4O5/c1-3-26-19(25)12(2)21-16(24)13-6-8-23(9-7-13)18-14(11-20)22-17(28-18)15-5-4-10-27-15/h4-5,10,12-13H,3,6-9H2,1-2H3,(H,21,24). The summed E-state index contributed by atoms with van der Waals surface area (Å²) >= 11 is 0. The highest BCUT2D eigenvalue weighted by molar-refractivity contribution is 5.85. The number of carbonyl (C=O) groups excluding carboxylic acids is 2. The molecule has 0 aromatic carbocycles. The molecule has 1 aliphatic rings. The van der Waals surface area contributed by atoms with Crippen LogP contribution in [0.25, 0.3) is 11.7 Å². The second kappa shape index (κ2) is 8.61. The lowest BCUT2D eigenvalue weighted by Crippen LogP contribution is -2.46. The number of anilines is 1. The molecule has 1 amide bonds. The van der Waals surface area contributed by atoms with Crippen molar-refractivity contribution in [1.82, 2.24) is 10.3 Å². The first-order chi connectivity index (χ1) is 13.5. The van der Waals surface area contributed by atoms with Crippen LogP contribution in [0, 0.1) is 17.2 Å². The summed E-state index contributed by atoms with van der Waals surface area (Å²) in [4.78, 5) is 30.2. The molecule has 1 N–H and O–H groups in total. The third-order valence-electron chi connectivity index (χ3n) is 4.60. The molecule has 3 heterocycles. The summed E-state index contributed by atoms with van der Waals surface area (Å²) in [7, 11) is 0. The summed E-state index contributed by atoms with van der Waals surface area (Å²) in [5.74, 6) is 0.247. The van der Waals surface area contributed by atoms with E-state index in [1.165, 1.54) is 6.26 Å². The van der Waals surface area contributed by atoms with E-state index in [1.807, 2.05) is 11.0 Å². The number of oxazole rings is 1. The molecule has 3 rings (SSSR count). The molecule has 28 heavy (non-hydrogen) atoms. The van der Waals surface area contributed by atoms with Gasteiger partial charge in [0.15, 0.2) is 5.76 Å². The number of carbonyl (C=O) groups is 2. The van der Waals surface area contributed by atoms with Gasteiger partial charge in [-0.3, -0.25) is 4.79 Å². The number of rotatable bonds is 6. The van der Waals surface area contributed by atoms with Gasteiger partial charge in [-0.05, 0) is 38.8 Å². The van der Waals surface area contributed by atoms with Crippen LogP contribution in [0.1, 0.15) is 32.4 Å². The molecule has 1 saturated heterocycles. The van der Waals surface area contributed by atoms with E-state index in [0.717, 1.165) is 0 Å². The van der Waals surface area contributed by atoms with Gasteiger partial charge in [-0.1, -0.05) is 0 Å². The smallest absolute Gasteiger partial charge is 0.328 e. The number of amides is 1. The maximum absolute atomic E-state index is 12.4. The van der Waals surface area contributed by atoms with E-state index in [-0.39, 0.29) is 30.0 Å². The molecule has 0 radical (unpaired) electrons. The van der Waals surface area contributed by atoms with Crippen LogP contribution in [0.3, 0.4) is 0 Å².